The lowest BCUT2D eigenvalue weighted by molar-refractivity contribution is -0.182. The maximum Gasteiger partial charge on any atom is 0.229 e. The van der Waals surface area contributed by atoms with E-state index in [1.165, 1.54) is 25.7 Å². The highest BCUT2D eigenvalue weighted by molar-refractivity contribution is 5.84. The van der Waals surface area contributed by atoms with Gasteiger partial charge in [0.25, 0.3) is 0 Å². The Kier molecular flexibility index (Phi) is 2.84. The molecule has 5 fully saturated rings. The van der Waals surface area contributed by atoms with Crippen LogP contribution in [0, 0.1) is 22.2 Å². The smallest absolute Gasteiger partial charge is 0.229 e. The second-order valence-corrected chi connectivity index (χ2v) is 9.31. The molecule has 1 amide bonds. The monoisotopic (exact) mass is 290 g/mol. The van der Waals surface area contributed by atoms with Crippen molar-refractivity contribution in [2.45, 2.75) is 65.3 Å². The molecule has 4 saturated carbocycles. The van der Waals surface area contributed by atoms with Crippen molar-refractivity contribution in [3.05, 3.63) is 0 Å². The van der Waals surface area contributed by atoms with Gasteiger partial charge in [-0.15, -0.1) is 0 Å². The zero-order valence-corrected chi connectivity index (χ0v) is 13.9. The number of rotatable bonds is 3. The predicted molar refractivity (Wildman–Crippen MR) is 83.9 cm³/mol. The lowest BCUT2D eigenvalue weighted by Gasteiger charge is -2.65. The maximum atomic E-state index is 13.4. The van der Waals surface area contributed by atoms with E-state index < -0.39 is 0 Å². The van der Waals surface area contributed by atoms with Crippen molar-refractivity contribution in [3.63, 3.8) is 0 Å². The van der Waals surface area contributed by atoms with Crippen LogP contribution in [-0.2, 0) is 4.79 Å². The van der Waals surface area contributed by atoms with Gasteiger partial charge in [0, 0.05) is 19.6 Å². The molecule has 1 saturated heterocycles. The first kappa shape index (κ1) is 14.0. The first-order valence-corrected chi connectivity index (χ1v) is 8.89. The molecule has 4 bridgehead atoms. The maximum absolute atomic E-state index is 13.4. The van der Waals surface area contributed by atoms with Crippen molar-refractivity contribution in [2.75, 3.05) is 19.6 Å². The van der Waals surface area contributed by atoms with Crippen molar-refractivity contribution in [3.8, 4) is 0 Å². The summed E-state index contributed by atoms with van der Waals surface area (Å²) in [6, 6.07) is 0.455. The molecule has 0 radical (unpaired) electrons. The van der Waals surface area contributed by atoms with Gasteiger partial charge in [-0.2, -0.15) is 0 Å². The molecule has 1 heterocycles. The summed E-state index contributed by atoms with van der Waals surface area (Å²) in [6.45, 7) is 9.93. The van der Waals surface area contributed by atoms with Gasteiger partial charge in [0.15, 0.2) is 0 Å². The highest BCUT2D eigenvalue weighted by Crippen LogP contribution is 2.69. The Morgan fingerprint density at radius 1 is 1.10 bits per heavy atom. The molecule has 1 N–H and O–H groups in total. The highest BCUT2D eigenvalue weighted by atomic mass is 16.2. The molecule has 5 rings (SSSR count). The fraction of sp³-hybridized carbons (Fsp3) is 0.944. The Labute approximate surface area is 128 Å². The molecule has 0 aromatic carbocycles. The molecule has 2 atom stereocenters. The fourth-order valence-corrected chi connectivity index (χ4v) is 7.05. The summed E-state index contributed by atoms with van der Waals surface area (Å²) in [5, 5.41) is 3.33. The third kappa shape index (κ3) is 1.99. The number of carbonyl (C=O) groups is 1. The molecule has 4 aliphatic carbocycles. The quantitative estimate of drug-likeness (QED) is 0.867. The van der Waals surface area contributed by atoms with Crippen LogP contribution in [0.25, 0.3) is 0 Å². The molecule has 3 nitrogen and oxygen atoms in total. The van der Waals surface area contributed by atoms with Crippen molar-refractivity contribution >= 4 is 5.91 Å². The van der Waals surface area contributed by atoms with Crippen LogP contribution in [-0.4, -0.2) is 36.5 Å². The largest absolute Gasteiger partial charge is 0.337 e. The van der Waals surface area contributed by atoms with Crippen LogP contribution in [0.15, 0.2) is 0 Å². The molecule has 0 aromatic rings. The van der Waals surface area contributed by atoms with Crippen molar-refractivity contribution in [2.24, 2.45) is 22.2 Å². The molecular weight excluding hydrogens is 260 g/mol. The summed E-state index contributed by atoms with van der Waals surface area (Å²) in [4.78, 5) is 15.6. The summed E-state index contributed by atoms with van der Waals surface area (Å²) in [7, 11) is 0. The predicted octanol–water partition coefficient (Wildman–Crippen LogP) is 2.80. The van der Waals surface area contributed by atoms with Gasteiger partial charge in [0.05, 0.1) is 11.5 Å². The van der Waals surface area contributed by atoms with Gasteiger partial charge in [0.2, 0.25) is 5.91 Å². The number of amides is 1. The standard InChI is InChI=1S/C18H30N2O/c1-4-20(14-8-19-9-14)15(21)18-7-13-5-16(2,11-18)10-17(3,6-13)12-18/h13-14,19H,4-12H2,1-3H3. The van der Waals surface area contributed by atoms with E-state index in [1.807, 2.05) is 0 Å². The number of carbonyl (C=O) groups excluding carboxylic acids is 1. The van der Waals surface area contributed by atoms with Crippen molar-refractivity contribution < 1.29 is 4.79 Å². The first-order valence-electron chi connectivity index (χ1n) is 8.89. The van der Waals surface area contributed by atoms with E-state index in [0.717, 1.165) is 38.4 Å². The van der Waals surface area contributed by atoms with Gasteiger partial charge in [-0.05, 0) is 62.2 Å². The van der Waals surface area contributed by atoms with Crippen LogP contribution in [0.1, 0.15) is 59.3 Å². The zero-order chi connectivity index (χ0) is 14.9. The second-order valence-electron chi connectivity index (χ2n) is 9.31. The van der Waals surface area contributed by atoms with E-state index in [-0.39, 0.29) is 5.41 Å². The fourth-order valence-electron chi connectivity index (χ4n) is 7.05. The van der Waals surface area contributed by atoms with E-state index in [2.05, 4.69) is 31.0 Å². The summed E-state index contributed by atoms with van der Waals surface area (Å²) < 4.78 is 0. The van der Waals surface area contributed by atoms with E-state index in [9.17, 15) is 4.79 Å². The average molecular weight is 290 g/mol. The second kappa shape index (κ2) is 4.24. The molecule has 2 unspecified atom stereocenters. The first-order chi connectivity index (χ1) is 9.87. The van der Waals surface area contributed by atoms with Crippen LogP contribution in [0.2, 0.25) is 0 Å². The van der Waals surface area contributed by atoms with E-state index >= 15 is 0 Å². The number of hydrogen-bond acceptors (Lipinski definition) is 2. The summed E-state index contributed by atoms with van der Waals surface area (Å²) in [5.74, 6) is 1.30. The van der Waals surface area contributed by atoms with Gasteiger partial charge in [-0.1, -0.05) is 13.8 Å². The van der Waals surface area contributed by atoms with E-state index in [1.54, 1.807) is 0 Å². The molecule has 3 heteroatoms. The highest BCUT2D eigenvalue weighted by Gasteiger charge is 2.63. The Bertz CT molecular complexity index is 452. The molecule has 0 spiro atoms. The van der Waals surface area contributed by atoms with Crippen molar-refractivity contribution in [1.82, 2.24) is 10.2 Å². The van der Waals surface area contributed by atoms with Crippen LogP contribution in [0.5, 0.6) is 0 Å². The lowest BCUT2D eigenvalue weighted by atomic mass is 9.40. The van der Waals surface area contributed by atoms with Crippen LogP contribution >= 0.6 is 0 Å². The minimum atomic E-state index is -0.0193. The Morgan fingerprint density at radius 3 is 2.14 bits per heavy atom. The number of likely N-dealkylation sites (N-methyl/N-ethyl adjacent to an activating group) is 1. The summed E-state index contributed by atoms with van der Waals surface area (Å²) in [5.41, 5.74) is 0.844. The lowest BCUT2D eigenvalue weighted by Crippen LogP contribution is -2.65. The van der Waals surface area contributed by atoms with Gasteiger partial charge >= 0.3 is 0 Å². The molecular formula is C18H30N2O. The van der Waals surface area contributed by atoms with E-state index in [0.29, 0.717) is 22.8 Å². The van der Waals surface area contributed by atoms with Crippen molar-refractivity contribution in [1.29, 1.82) is 0 Å². The van der Waals surface area contributed by atoms with Crippen LogP contribution < -0.4 is 5.32 Å². The molecule has 118 valence electrons. The molecule has 0 aromatic heterocycles. The normalized spacial score (nSPS) is 48.2. The Hall–Kier alpha value is -0.570. The average Bonchev–Trinajstić information content (AvgIpc) is 2.27. The summed E-state index contributed by atoms with van der Waals surface area (Å²) in [6.07, 6.45) is 7.57. The van der Waals surface area contributed by atoms with Crippen LogP contribution in [0.3, 0.4) is 0 Å². The van der Waals surface area contributed by atoms with Gasteiger partial charge < -0.3 is 10.2 Å². The third-order valence-electron chi connectivity index (χ3n) is 6.88. The SMILES string of the molecule is CCN(C(=O)C12CC3CC(C)(CC(C)(C3)C1)C2)C1CNC1. The number of nitrogens with one attached hydrogen (secondary N) is 1. The Morgan fingerprint density at radius 2 is 1.71 bits per heavy atom. The van der Waals surface area contributed by atoms with Gasteiger partial charge in [-0.3, -0.25) is 4.79 Å². The zero-order valence-electron chi connectivity index (χ0n) is 13.9. The van der Waals surface area contributed by atoms with E-state index in [4.69, 9.17) is 0 Å². The molecule has 1 aliphatic heterocycles. The number of nitrogens with zero attached hydrogens (tertiary/aromatic N) is 1. The minimum Gasteiger partial charge on any atom is -0.337 e. The summed E-state index contributed by atoms with van der Waals surface area (Å²) >= 11 is 0. The number of hydrogen-bond donors (Lipinski definition) is 1. The van der Waals surface area contributed by atoms with Gasteiger partial charge in [0.1, 0.15) is 0 Å². The Balaban J connectivity index is 1.65. The third-order valence-corrected chi connectivity index (χ3v) is 6.88. The van der Waals surface area contributed by atoms with Gasteiger partial charge in [-0.25, -0.2) is 0 Å². The van der Waals surface area contributed by atoms with Crippen LogP contribution in [0.4, 0.5) is 0 Å². The molecule has 5 aliphatic rings. The molecule has 21 heavy (non-hydrogen) atoms. The minimum absolute atomic E-state index is 0.0193. The topological polar surface area (TPSA) is 32.3 Å².